The molecule has 5 nitrogen and oxygen atoms in total. The van der Waals surface area contributed by atoms with Gasteiger partial charge in [-0.25, -0.2) is 0 Å². The number of amides is 1. The maximum atomic E-state index is 12.0. The van der Waals surface area contributed by atoms with E-state index in [0.29, 0.717) is 13.0 Å². The number of rotatable bonds is 11. The van der Waals surface area contributed by atoms with Crippen molar-refractivity contribution in [3.63, 3.8) is 0 Å². The van der Waals surface area contributed by atoms with Crippen molar-refractivity contribution in [2.24, 2.45) is 0 Å². The summed E-state index contributed by atoms with van der Waals surface area (Å²) in [5.41, 5.74) is 2.65. The molecule has 0 unspecified atom stereocenters. The molecule has 0 aliphatic carbocycles. The monoisotopic (exact) mass is 321 g/mol. The standard InChI is InChI=1S/C18H31N3O2/c1-4-15-8-6-9-16(12-15)13-19-10-7-11-20-18(23)17(5-2)21(3)14-22/h6,8-9,12,17,19,22H,4-5,7,10-11,13-14H2,1-3H3,(H,20,23)/t17-/m1/s1. The summed E-state index contributed by atoms with van der Waals surface area (Å²) >= 11 is 0. The second kappa shape index (κ2) is 11.2. The molecule has 0 radical (unpaired) electrons. The Morgan fingerprint density at radius 1 is 1.26 bits per heavy atom. The van der Waals surface area contributed by atoms with Crippen LogP contribution in [0.5, 0.6) is 0 Å². The van der Waals surface area contributed by atoms with Crippen LogP contribution in [-0.4, -0.2) is 48.8 Å². The molecule has 5 heteroatoms. The molecule has 0 aliphatic rings. The largest absolute Gasteiger partial charge is 0.381 e. The van der Waals surface area contributed by atoms with Crippen LogP contribution in [0.25, 0.3) is 0 Å². The van der Waals surface area contributed by atoms with Crippen molar-refractivity contribution in [2.75, 3.05) is 26.9 Å². The first kappa shape index (κ1) is 19.6. The van der Waals surface area contributed by atoms with Gasteiger partial charge >= 0.3 is 0 Å². The van der Waals surface area contributed by atoms with Crippen LogP contribution < -0.4 is 10.6 Å². The third-order valence-corrected chi connectivity index (χ3v) is 4.00. The number of hydrogen-bond acceptors (Lipinski definition) is 4. The van der Waals surface area contributed by atoms with E-state index in [2.05, 4.69) is 41.8 Å². The summed E-state index contributed by atoms with van der Waals surface area (Å²) < 4.78 is 0. The van der Waals surface area contributed by atoms with E-state index >= 15 is 0 Å². The van der Waals surface area contributed by atoms with Gasteiger partial charge in [-0.15, -0.1) is 0 Å². The first-order valence-corrected chi connectivity index (χ1v) is 8.49. The number of carbonyl (C=O) groups excluding carboxylic acids is 1. The van der Waals surface area contributed by atoms with E-state index in [4.69, 9.17) is 5.11 Å². The van der Waals surface area contributed by atoms with Crippen molar-refractivity contribution >= 4 is 5.91 Å². The molecule has 0 heterocycles. The van der Waals surface area contributed by atoms with E-state index in [1.807, 2.05) is 6.92 Å². The van der Waals surface area contributed by atoms with Crippen LogP contribution in [0.2, 0.25) is 0 Å². The van der Waals surface area contributed by atoms with Gasteiger partial charge in [-0.2, -0.15) is 0 Å². The molecular weight excluding hydrogens is 290 g/mol. The number of aliphatic hydroxyl groups is 1. The highest BCUT2D eigenvalue weighted by atomic mass is 16.3. The highest BCUT2D eigenvalue weighted by molar-refractivity contribution is 5.81. The number of aliphatic hydroxyl groups excluding tert-OH is 1. The third kappa shape index (κ3) is 7.12. The lowest BCUT2D eigenvalue weighted by Gasteiger charge is -2.23. The quantitative estimate of drug-likeness (QED) is 0.427. The molecule has 3 N–H and O–H groups in total. The normalized spacial score (nSPS) is 12.4. The van der Waals surface area contributed by atoms with Crippen molar-refractivity contribution in [1.29, 1.82) is 0 Å². The van der Waals surface area contributed by atoms with Gasteiger partial charge in [0.05, 0.1) is 12.8 Å². The summed E-state index contributed by atoms with van der Waals surface area (Å²) in [4.78, 5) is 13.7. The van der Waals surface area contributed by atoms with Crippen LogP contribution in [0.3, 0.4) is 0 Å². The lowest BCUT2D eigenvalue weighted by Crippen LogP contribution is -2.45. The molecule has 1 amide bonds. The second-order valence-electron chi connectivity index (χ2n) is 5.82. The molecule has 0 fully saturated rings. The molecule has 1 rings (SSSR count). The van der Waals surface area contributed by atoms with Gasteiger partial charge in [-0.05, 0) is 44.0 Å². The summed E-state index contributed by atoms with van der Waals surface area (Å²) in [5, 5.41) is 15.4. The maximum absolute atomic E-state index is 12.0. The molecule has 1 aromatic rings. The Bertz CT molecular complexity index is 465. The molecule has 0 aromatic heterocycles. The molecule has 0 saturated heterocycles. The molecule has 0 bridgehead atoms. The van der Waals surface area contributed by atoms with Crippen molar-refractivity contribution in [1.82, 2.24) is 15.5 Å². The molecule has 0 spiro atoms. The Balaban J connectivity index is 2.18. The molecule has 130 valence electrons. The van der Waals surface area contributed by atoms with E-state index in [0.717, 1.165) is 25.9 Å². The summed E-state index contributed by atoms with van der Waals surface area (Å²) in [7, 11) is 1.75. The molecule has 23 heavy (non-hydrogen) atoms. The average Bonchev–Trinajstić information content (AvgIpc) is 2.58. The summed E-state index contributed by atoms with van der Waals surface area (Å²) in [6.45, 7) is 6.37. The zero-order valence-electron chi connectivity index (χ0n) is 14.6. The molecule has 0 saturated carbocycles. The molecule has 1 aromatic carbocycles. The van der Waals surface area contributed by atoms with Crippen molar-refractivity contribution in [2.45, 2.75) is 45.7 Å². The van der Waals surface area contributed by atoms with E-state index in [1.54, 1.807) is 11.9 Å². The van der Waals surface area contributed by atoms with Gasteiger partial charge in [0.25, 0.3) is 0 Å². The van der Waals surface area contributed by atoms with Crippen molar-refractivity contribution < 1.29 is 9.90 Å². The zero-order chi connectivity index (χ0) is 17.1. The Morgan fingerprint density at radius 3 is 2.65 bits per heavy atom. The number of hydrogen-bond donors (Lipinski definition) is 3. The van der Waals surface area contributed by atoms with Gasteiger partial charge in [0, 0.05) is 13.1 Å². The second-order valence-corrected chi connectivity index (χ2v) is 5.82. The molecule has 0 aliphatic heterocycles. The lowest BCUT2D eigenvalue weighted by atomic mass is 10.1. The van der Waals surface area contributed by atoms with Crippen LogP contribution in [0.15, 0.2) is 24.3 Å². The van der Waals surface area contributed by atoms with E-state index in [9.17, 15) is 4.79 Å². The highest BCUT2D eigenvalue weighted by Crippen LogP contribution is 2.05. The van der Waals surface area contributed by atoms with E-state index in [1.165, 1.54) is 11.1 Å². The number of nitrogens with zero attached hydrogens (tertiary/aromatic N) is 1. The fourth-order valence-electron chi connectivity index (χ4n) is 2.53. The number of benzene rings is 1. The Hall–Kier alpha value is -1.43. The third-order valence-electron chi connectivity index (χ3n) is 4.00. The maximum Gasteiger partial charge on any atom is 0.237 e. The van der Waals surface area contributed by atoms with E-state index < -0.39 is 0 Å². The number of nitrogens with one attached hydrogen (secondary N) is 2. The van der Waals surface area contributed by atoms with Gasteiger partial charge in [-0.1, -0.05) is 38.1 Å². The molecular formula is C18H31N3O2. The van der Waals surface area contributed by atoms with Crippen LogP contribution >= 0.6 is 0 Å². The van der Waals surface area contributed by atoms with Gasteiger partial charge in [0.2, 0.25) is 5.91 Å². The number of carbonyl (C=O) groups is 1. The topological polar surface area (TPSA) is 64.6 Å². The summed E-state index contributed by atoms with van der Waals surface area (Å²) in [6, 6.07) is 8.34. The Labute approximate surface area is 140 Å². The average molecular weight is 321 g/mol. The van der Waals surface area contributed by atoms with Crippen LogP contribution in [-0.2, 0) is 17.8 Å². The highest BCUT2D eigenvalue weighted by Gasteiger charge is 2.19. The minimum atomic E-state index is -0.259. The van der Waals surface area contributed by atoms with Gasteiger partial charge < -0.3 is 15.7 Å². The number of likely N-dealkylation sites (N-methyl/N-ethyl adjacent to an activating group) is 1. The number of aryl methyl sites for hydroxylation is 1. The fourth-order valence-corrected chi connectivity index (χ4v) is 2.53. The van der Waals surface area contributed by atoms with Gasteiger partial charge in [0.1, 0.15) is 0 Å². The molecule has 1 atom stereocenters. The fraction of sp³-hybridized carbons (Fsp3) is 0.611. The smallest absolute Gasteiger partial charge is 0.237 e. The van der Waals surface area contributed by atoms with Gasteiger partial charge in [0.15, 0.2) is 0 Å². The van der Waals surface area contributed by atoms with Crippen LogP contribution in [0.1, 0.15) is 37.8 Å². The van der Waals surface area contributed by atoms with Gasteiger partial charge in [-0.3, -0.25) is 9.69 Å². The van der Waals surface area contributed by atoms with Crippen molar-refractivity contribution in [3.8, 4) is 0 Å². The SMILES string of the molecule is CCc1cccc(CNCCCNC(=O)[C@@H](CC)N(C)CO)c1. The summed E-state index contributed by atoms with van der Waals surface area (Å²) in [6.07, 6.45) is 2.63. The van der Waals surface area contributed by atoms with Crippen LogP contribution in [0.4, 0.5) is 0 Å². The Kier molecular flexibility index (Phi) is 9.52. The zero-order valence-corrected chi connectivity index (χ0v) is 14.6. The Morgan fingerprint density at radius 2 is 2.00 bits per heavy atom. The minimum absolute atomic E-state index is 0.0142. The minimum Gasteiger partial charge on any atom is -0.381 e. The lowest BCUT2D eigenvalue weighted by molar-refractivity contribution is -0.127. The van der Waals surface area contributed by atoms with Crippen molar-refractivity contribution in [3.05, 3.63) is 35.4 Å². The van der Waals surface area contributed by atoms with Crippen LogP contribution in [0, 0.1) is 0 Å². The first-order valence-electron chi connectivity index (χ1n) is 8.49. The predicted octanol–water partition coefficient (Wildman–Crippen LogP) is 1.51. The first-order chi connectivity index (χ1) is 11.1. The van der Waals surface area contributed by atoms with E-state index in [-0.39, 0.29) is 18.7 Å². The summed E-state index contributed by atoms with van der Waals surface area (Å²) in [5.74, 6) is -0.0142. The predicted molar refractivity (Wildman–Crippen MR) is 94.1 cm³/mol.